The lowest BCUT2D eigenvalue weighted by Crippen LogP contribution is -2.61. The molecule has 27 heavy (non-hydrogen) atoms. The van der Waals surface area contributed by atoms with Crippen molar-refractivity contribution in [1.29, 1.82) is 0 Å². The summed E-state index contributed by atoms with van der Waals surface area (Å²) in [5.74, 6) is -4.06. The monoisotopic (exact) mass is 390 g/mol. The second-order valence-electron chi connectivity index (χ2n) is 9.67. The number of amides is 2. The molecule has 1 saturated carbocycles. The fraction of sp³-hybridized carbons (Fsp3) is 0.895. The number of piperidine rings is 1. The van der Waals surface area contributed by atoms with Crippen LogP contribution in [0.1, 0.15) is 54.4 Å². The summed E-state index contributed by atoms with van der Waals surface area (Å²) in [7, 11) is 1.44. The zero-order chi connectivity index (χ0) is 20.8. The third kappa shape index (κ3) is 4.70. The molecule has 8 heteroatoms. The summed E-state index contributed by atoms with van der Waals surface area (Å²) >= 11 is 0. The molecule has 1 aliphatic carbocycles. The van der Waals surface area contributed by atoms with Crippen LogP contribution in [0.15, 0.2) is 0 Å². The number of carbonyl (C=O) groups excluding carboxylic acids is 2. The number of hydrogen-bond donors (Lipinski definition) is 1. The maximum Gasteiger partial charge on any atom is 0.408 e. The molecule has 0 spiro atoms. The molecule has 2 amide bonds. The van der Waals surface area contributed by atoms with Gasteiger partial charge in [-0.2, -0.15) is 0 Å². The third-order valence-corrected chi connectivity index (χ3v) is 5.16. The molecule has 2 aliphatic rings. The van der Waals surface area contributed by atoms with Gasteiger partial charge in [0.25, 0.3) is 5.92 Å². The number of alkyl carbamates (subject to hydrolysis) is 1. The van der Waals surface area contributed by atoms with E-state index in [0.29, 0.717) is 0 Å². The van der Waals surface area contributed by atoms with Crippen molar-refractivity contribution in [3.05, 3.63) is 0 Å². The summed E-state index contributed by atoms with van der Waals surface area (Å²) in [5.41, 5.74) is -1.32. The Morgan fingerprint density at radius 1 is 1.22 bits per heavy atom. The van der Waals surface area contributed by atoms with Crippen molar-refractivity contribution < 1.29 is 27.8 Å². The number of ether oxygens (including phenoxy) is 2. The second-order valence-corrected chi connectivity index (χ2v) is 9.67. The lowest BCUT2D eigenvalue weighted by Gasteiger charge is -2.42. The van der Waals surface area contributed by atoms with E-state index in [4.69, 9.17) is 9.47 Å². The molecule has 1 saturated heterocycles. The van der Waals surface area contributed by atoms with Gasteiger partial charge in [0, 0.05) is 25.5 Å². The van der Waals surface area contributed by atoms with Gasteiger partial charge >= 0.3 is 6.09 Å². The molecule has 0 aromatic heterocycles. The number of methoxy groups -OCH3 is 1. The normalized spacial score (nSPS) is 28.2. The third-order valence-electron chi connectivity index (χ3n) is 5.16. The van der Waals surface area contributed by atoms with E-state index in [1.54, 1.807) is 20.8 Å². The van der Waals surface area contributed by atoms with Gasteiger partial charge in [-0.15, -0.1) is 0 Å². The minimum Gasteiger partial charge on any atom is -0.444 e. The summed E-state index contributed by atoms with van der Waals surface area (Å²) in [6.07, 6.45) is -0.781. The minimum atomic E-state index is -2.79. The van der Waals surface area contributed by atoms with Crippen LogP contribution in [-0.2, 0) is 14.3 Å². The van der Waals surface area contributed by atoms with Gasteiger partial charge in [-0.05, 0) is 32.6 Å². The summed E-state index contributed by atoms with van der Waals surface area (Å²) in [4.78, 5) is 27.1. The molecule has 4 atom stereocenters. The first kappa shape index (κ1) is 21.9. The molecule has 0 aromatic rings. The number of nitrogens with zero attached hydrogens (tertiary/aromatic N) is 1. The maximum absolute atomic E-state index is 14.2. The molecule has 1 heterocycles. The second kappa shape index (κ2) is 7.18. The zero-order valence-corrected chi connectivity index (χ0v) is 17.3. The molecule has 6 nitrogen and oxygen atoms in total. The van der Waals surface area contributed by atoms with E-state index in [1.807, 2.05) is 20.8 Å². The van der Waals surface area contributed by atoms with Crippen LogP contribution in [0.3, 0.4) is 0 Å². The highest BCUT2D eigenvalue weighted by Gasteiger charge is 2.63. The highest BCUT2D eigenvalue weighted by atomic mass is 19.3. The van der Waals surface area contributed by atoms with Gasteiger partial charge in [0.15, 0.2) is 0 Å². The molecule has 2 bridgehead atoms. The van der Waals surface area contributed by atoms with Crippen LogP contribution in [0.4, 0.5) is 13.6 Å². The van der Waals surface area contributed by atoms with Crippen LogP contribution in [0, 0.1) is 11.3 Å². The first-order valence-electron chi connectivity index (χ1n) is 9.36. The fourth-order valence-electron chi connectivity index (χ4n) is 4.06. The number of likely N-dealkylation sites (tertiary alicyclic amines) is 1. The van der Waals surface area contributed by atoms with Crippen LogP contribution >= 0.6 is 0 Å². The highest BCUT2D eigenvalue weighted by molar-refractivity contribution is 5.87. The predicted octanol–water partition coefficient (Wildman–Crippen LogP) is 3.20. The molecule has 0 aromatic carbocycles. The summed E-state index contributed by atoms with van der Waals surface area (Å²) < 4.78 is 38.8. The van der Waals surface area contributed by atoms with Crippen molar-refractivity contribution in [2.75, 3.05) is 13.7 Å². The van der Waals surface area contributed by atoms with Crippen molar-refractivity contribution in [3.8, 4) is 0 Å². The number of fused-ring (bicyclic) bond motifs is 2. The molecule has 1 aliphatic heterocycles. The Balaban J connectivity index is 2.24. The van der Waals surface area contributed by atoms with Gasteiger partial charge in [-0.1, -0.05) is 20.8 Å². The molecule has 1 N–H and O–H groups in total. The molecule has 2 rings (SSSR count). The van der Waals surface area contributed by atoms with Crippen molar-refractivity contribution in [1.82, 2.24) is 10.2 Å². The average molecular weight is 390 g/mol. The van der Waals surface area contributed by atoms with E-state index < -0.39 is 47.1 Å². The van der Waals surface area contributed by atoms with E-state index >= 15 is 0 Å². The zero-order valence-electron chi connectivity index (χ0n) is 17.3. The van der Waals surface area contributed by atoms with E-state index in [2.05, 4.69) is 5.32 Å². The lowest BCUT2D eigenvalue weighted by molar-refractivity contribution is -0.152. The minimum absolute atomic E-state index is 0.0474. The van der Waals surface area contributed by atoms with Gasteiger partial charge in [-0.25, -0.2) is 13.6 Å². The first-order valence-corrected chi connectivity index (χ1v) is 9.36. The van der Waals surface area contributed by atoms with Crippen molar-refractivity contribution in [2.45, 2.75) is 84.0 Å². The van der Waals surface area contributed by atoms with Gasteiger partial charge in [-0.3, -0.25) is 4.79 Å². The smallest absolute Gasteiger partial charge is 0.408 e. The van der Waals surface area contributed by atoms with E-state index in [0.717, 1.165) is 0 Å². The number of hydrogen-bond acceptors (Lipinski definition) is 4. The van der Waals surface area contributed by atoms with Crippen LogP contribution in [0.2, 0.25) is 0 Å². The Bertz CT molecular complexity index is 583. The van der Waals surface area contributed by atoms with Crippen LogP contribution in [-0.4, -0.2) is 60.3 Å². The molecule has 1 unspecified atom stereocenters. The number of rotatable bonds is 4. The number of halogens is 2. The number of alkyl halides is 2. The van der Waals surface area contributed by atoms with Crippen LogP contribution in [0.25, 0.3) is 0 Å². The predicted molar refractivity (Wildman–Crippen MR) is 96.6 cm³/mol. The molecular weight excluding hydrogens is 358 g/mol. The number of nitrogens with one attached hydrogen (secondary N) is 1. The fourth-order valence-corrected chi connectivity index (χ4v) is 4.06. The molecule has 2 fully saturated rings. The SMILES string of the molecule is COCC1[C@@H]2C[C@@H](CC2(F)F)N1C(=O)[C@@H](NC(=O)OC(C)(C)C)C(C)(C)C. The van der Waals surface area contributed by atoms with E-state index in [1.165, 1.54) is 12.0 Å². The molecule has 0 radical (unpaired) electrons. The van der Waals surface area contributed by atoms with Crippen molar-refractivity contribution in [2.24, 2.45) is 11.3 Å². The standard InChI is InChI=1S/C19H32F2N2O4/c1-17(2,3)14(22-16(25)27-18(4,5)6)15(24)23-11-8-12(13(23)10-26-7)19(20,21)9-11/h11-14H,8-10H2,1-7H3,(H,22,25)/t11-,12-,13?,14+/m0/s1. The van der Waals surface area contributed by atoms with Gasteiger partial charge < -0.3 is 19.7 Å². The van der Waals surface area contributed by atoms with Crippen LogP contribution < -0.4 is 5.32 Å². The molecule has 156 valence electrons. The summed E-state index contributed by atoms with van der Waals surface area (Å²) in [5, 5.41) is 2.65. The number of carbonyl (C=O) groups is 2. The first-order chi connectivity index (χ1) is 12.2. The topological polar surface area (TPSA) is 67.9 Å². The Labute approximate surface area is 159 Å². The van der Waals surface area contributed by atoms with Gasteiger partial charge in [0.2, 0.25) is 5.91 Å². The maximum atomic E-state index is 14.2. The van der Waals surface area contributed by atoms with Gasteiger partial charge in [0.05, 0.1) is 12.6 Å². The Hall–Kier alpha value is -1.44. The van der Waals surface area contributed by atoms with Gasteiger partial charge in [0.1, 0.15) is 11.6 Å². The summed E-state index contributed by atoms with van der Waals surface area (Å²) in [6, 6.07) is -2.12. The largest absolute Gasteiger partial charge is 0.444 e. The highest BCUT2D eigenvalue weighted by Crippen LogP contribution is 2.52. The molecular formula is C19H32F2N2O4. The Morgan fingerprint density at radius 2 is 1.81 bits per heavy atom. The lowest BCUT2D eigenvalue weighted by atomic mass is 9.84. The van der Waals surface area contributed by atoms with Crippen molar-refractivity contribution in [3.63, 3.8) is 0 Å². The Kier molecular flexibility index (Phi) is 5.82. The van der Waals surface area contributed by atoms with E-state index in [9.17, 15) is 18.4 Å². The Morgan fingerprint density at radius 3 is 2.30 bits per heavy atom. The van der Waals surface area contributed by atoms with E-state index in [-0.39, 0.29) is 25.4 Å². The quantitative estimate of drug-likeness (QED) is 0.801. The summed E-state index contributed by atoms with van der Waals surface area (Å²) in [6.45, 7) is 10.7. The van der Waals surface area contributed by atoms with Crippen molar-refractivity contribution >= 4 is 12.0 Å². The van der Waals surface area contributed by atoms with Crippen LogP contribution in [0.5, 0.6) is 0 Å². The average Bonchev–Trinajstić information content (AvgIpc) is 2.94.